The summed E-state index contributed by atoms with van der Waals surface area (Å²) in [5, 5.41) is 11.0. The summed E-state index contributed by atoms with van der Waals surface area (Å²) in [6.07, 6.45) is 5.04. The largest absolute Gasteiger partial charge is 0.391 e. The first-order chi connectivity index (χ1) is 11.3. The second kappa shape index (κ2) is 5.93. The summed E-state index contributed by atoms with van der Waals surface area (Å²) >= 11 is 0. The van der Waals surface area contributed by atoms with Crippen molar-refractivity contribution >= 4 is 16.7 Å². The van der Waals surface area contributed by atoms with Gasteiger partial charge in [0, 0.05) is 36.4 Å². The maximum Gasteiger partial charge on any atom is 0.162 e. The van der Waals surface area contributed by atoms with E-state index in [1.165, 1.54) is 0 Å². The zero-order valence-corrected chi connectivity index (χ0v) is 12.8. The summed E-state index contributed by atoms with van der Waals surface area (Å²) in [5.74, 6) is 1.60. The molecule has 0 bridgehead atoms. The van der Waals surface area contributed by atoms with Crippen molar-refractivity contribution in [3.63, 3.8) is 0 Å². The minimum atomic E-state index is -0.290. The van der Waals surface area contributed by atoms with E-state index >= 15 is 0 Å². The van der Waals surface area contributed by atoms with Crippen LogP contribution in [0.4, 0.5) is 5.82 Å². The van der Waals surface area contributed by atoms with E-state index in [1.54, 1.807) is 12.4 Å². The van der Waals surface area contributed by atoms with Crippen molar-refractivity contribution in [1.29, 1.82) is 0 Å². The Morgan fingerprint density at radius 3 is 2.70 bits per heavy atom. The average Bonchev–Trinajstić information content (AvgIpc) is 2.61. The van der Waals surface area contributed by atoms with Crippen molar-refractivity contribution in [3.8, 4) is 11.4 Å². The molecule has 0 aliphatic carbocycles. The summed E-state index contributed by atoms with van der Waals surface area (Å²) in [7, 11) is 0. The number of pyridine rings is 1. The van der Waals surface area contributed by atoms with Crippen molar-refractivity contribution < 1.29 is 5.11 Å². The lowest BCUT2D eigenvalue weighted by Crippen LogP contribution is -2.38. The first-order valence-electron chi connectivity index (χ1n) is 7.91. The van der Waals surface area contributed by atoms with Gasteiger partial charge in [-0.05, 0) is 37.1 Å². The predicted octanol–water partition coefficient (Wildman–Crippen LogP) is 2.65. The van der Waals surface area contributed by atoms with Crippen molar-refractivity contribution in [2.75, 3.05) is 18.0 Å². The van der Waals surface area contributed by atoms with Gasteiger partial charge in [-0.15, -0.1) is 0 Å². The molecule has 1 aliphatic rings. The Kier molecular flexibility index (Phi) is 3.63. The molecular weight excluding hydrogens is 288 g/mol. The summed E-state index contributed by atoms with van der Waals surface area (Å²) in [6.45, 7) is 1.53. The molecule has 1 aromatic carbocycles. The third-order valence-electron chi connectivity index (χ3n) is 4.22. The van der Waals surface area contributed by atoms with E-state index in [2.05, 4.69) is 9.88 Å². The van der Waals surface area contributed by atoms with Crippen LogP contribution < -0.4 is 4.90 Å². The molecule has 1 N–H and O–H groups in total. The highest BCUT2D eigenvalue weighted by molar-refractivity contribution is 5.91. The molecule has 0 spiro atoms. The number of para-hydroxylation sites is 1. The summed E-state index contributed by atoms with van der Waals surface area (Å²) in [5.41, 5.74) is 1.87. The van der Waals surface area contributed by atoms with E-state index in [4.69, 9.17) is 9.97 Å². The number of aliphatic hydroxyl groups is 1. The molecule has 3 heterocycles. The average molecular weight is 306 g/mol. The highest BCUT2D eigenvalue weighted by Gasteiger charge is 2.21. The molecule has 2 aromatic heterocycles. The van der Waals surface area contributed by atoms with E-state index in [1.807, 2.05) is 36.4 Å². The van der Waals surface area contributed by atoms with Gasteiger partial charge in [0.1, 0.15) is 5.82 Å². The highest BCUT2D eigenvalue weighted by atomic mass is 16.3. The van der Waals surface area contributed by atoms with Crippen LogP contribution >= 0.6 is 0 Å². The number of nitrogens with zero attached hydrogens (tertiary/aromatic N) is 4. The number of aromatic nitrogens is 3. The fraction of sp³-hybridized carbons (Fsp3) is 0.278. The zero-order chi connectivity index (χ0) is 15.6. The van der Waals surface area contributed by atoms with Gasteiger partial charge in [0.25, 0.3) is 0 Å². The van der Waals surface area contributed by atoms with Crippen molar-refractivity contribution in [3.05, 3.63) is 48.8 Å². The lowest BCUT2D eigenvalue weighted by Gasteiger charge is -2.31. The van der Waals surface area contributed by atoms with Crippen LogP contribution in [0.1, 0.15) is 12.8 Å². The van der Waals surface area contributed by atoms with E-state index < -0.39 is 0 Å². The Bertz CT molecular complexity index is 822. The van der Waals surface area contributed by atoms with Gasteiger partial charge < -0.3 is 10.0 Å². The molecule has 1 fully saturated rings. The van der Waals surface area contributed by atoms with Crippen LogP contribution in [-0.4, -0.2) is 39.3 Å². The van der Waals surface area contributed by atoms with E-state index in [-0.39, 0.29) is 6.10 Å². The predicted molar refractivity (Wildman–Crippen MR) is 90.2 cm³/mol. The fourth-order valence-corrected chi connectivity index (χ4v) is 3.08. The molecule has 3 aromatic rings. The number of fused-ring (bicyclic) bond motifs is 1. The lowest BCUT2D eigenvalue weighted by molar-refractivity contribution is 0.154. The number of anilines is 1. The second-order valence-corrected chi connectivity index (χ2v) is 5.87. The number of benzene rings is 1. The second-order valence-electron chi connectivity index (χ2n) is 5.87. The molecule has 0 radical (unpaired) electrons. The summed E-state index contributed by atoms with van der Waals surface area (Å²) in [6, 6.07) is 11.9. The van der Waals surface area contributed by atoms with Crippen LogP contribution in [0, 0.1) is 0 Å². The van der Waals surface area contributed by atoms with Crippen LogP contribution in [0.2, 0.25) is 0 Å². The molecule has 0 unspecified atom stereocenters. The van der Waals surface area contributed by atoms with E-state index in [9.17, 15) is 5.11 Å². The van der Waals surface area contributed by atoms with Crippen molar-refractivity contribution in [2.45, 2.75) is 18.9 Å². The van der Waals surface area contributed by atoms with E-state index in [0.717, 1.165) is 41.7 Å². The molecule has 116 valence electrons. The zero-order valence-electron chi connectivity index (χ0n) is 12.8. The number of hydrogen-bond acceptors (Lipinski definition) is 5. The lowest BCUT2D eigenvalue weighted by atomic mass is 10.1. The van der Waals surface area contributed by atoms with Gasteiger partial charge in [0.15, 0.2) is 5.82 Å². The monoisotopic (exact) mass is 306 g/mol. The molecule has 23 heavy (non-hydrogen) atoms. The first-order valence-corrected chi connectivity index (χ1v) is 7.91. The molecular formula is C18H18N4O. The minimum absolute atomic E-state index is 0.290. The first kappa shape index (κ1) is 14.1. The van der Waals surface area contributed by atoms with Crippen LogP contribution in [-0.2, 0) is 0 Å². The van der Waals surface area contributed by atoms with Crippen molar-refractivity contribution in [2.24, 2.45) is 0 Å². The van der Waals surface area contributed by atoms with Crippen LogP contribution in [0.3, 0.4) is 0 Å². The standard InChI is InChI=1S/C18H18N4O/c23-14-4-3-11-22(12-14)18-15-5-1-2-6-16(15)20-17(21-18)13-7-9-19-10-8-13/h1-2,5-10,14,23H,3-4,11-12H2/t14-/m1/s1. The van der Waals surface area contributed by atoms with Gasteiger partial charge >= 0.3 is 0 Å². The number of aliphatic hydroxyl groups excluding tert-OH is 1. The molecule has 1 saturated heterocycles. The Morgan fingerprint density at radius 1 is 1.04 bits per heavy atom. The highest BCUT2D eigenvalue weighted by Crippen LogP contribution is 2.29. The molecule has 5 heteroatoms. The molecule has 1 atom stereocenters. The van der Waals surface area contributed by atoms with Gasteiger partial charge in [-0.25, -0.2) is 9.97 Å². The molecule has 5 nitrogen and oxygen atoms in total. The van der Waals surface area contributed by atoms with Crippen molar-refractivity contribution in [1.82, 2.24) is 15.0 Å². The summed E-state index contributed by atoms with van der Waals surface area (Å²) in [4.78, 5) is 15.7. The van der Waals surface area contributed by atoms with Gasteiger partial charge in [-0.3, -0.25) is 4.98 Å². The van der Waals surface area contributed by atoms with Gasteiger partial charge in [0.2, 0.25) is 0 Å². The van der Waals surface area contributed by atoms with Crippen LogP contribution in [0.5, 0.6) is 0 Å². The number of piperidine rings is 1. The number of β-amino-alcohol motifs (C(OH)–C–C–N with tert-alkyl or cyclic N) is 1. The fourth-order valence-electron chi connectivity index (χ4n) is 3.08. The molecule has 4 rings (SSSR count). The Hall–Kier alpha value is -2.53. The van der Waals surface area contributed by atoms with Gasteiger partial charge in [-0.1, -0.05) is 12.1 Å². The quantitative estimate of drug-likeness (QED) is 0.788. The third-order valence-corrected chi connectivity index (χ3v) is 4.22. The maximum atomic E-state index is 10.0. The smallest absolute Gasteiger partial charge is 0.162 e. The van der Waals surface area contributed by atoms with Gasteiger partial charge in [-0.2, -0.15) is 0 Å². The van der Waals surface area contributed by atoms with Crippen LogP contribution in [0.25, 0.3) is 22.3 Å². The molecule has 0 amide bonds. The van der Waals surface area contributed by atoms with E-state index in [0.29, 0.717) is 12.4 Å². The van der Waals surface area contributed by atoms with Crippen LogP contribution in [0.15, 0.2) is 48.8 Å². The topological polar surface area (TPSA) is 62.1 Å². The number of hydrogen-bond donors (Lipinski definition) is 1. The Morgan fingerprint density at radius 2 is 1.87 bits per heavy atom. The Labute approximate surface area is 134 Å². The maximum absolute atomic E-state index is 10.0. The minimum Gasteiger partial charge on any atom is -0.391 e. The number of rotatable bonds is 2. The van der Waals surface area contributed by atoms with Gasteiger partial charge in [0.05, 0.1) is 11.6 Å². The molecule has 1 aliphatic heterocycles. The SMILES string of the molecule is O[C@@H]1CCCN(c2nc(-c3ccncc3)nc3ccccc23)C1. The molecule has 0 saturated carbocycles. The summed E-state index contributed by atoms with van der Waals surface area (Å²) < 4.78 is 0. The Balaban J connectivity index is 1.87. The normalized spacial score (nSPS) is 18.3. The third kappa shape index (κ3) is 2.75.